The van der Waals surface area contributed by atoms with Crippen LogP contribution in [0.3, 0.4) is 0 Å². The van der Waals surface area contributed by atoms with E-state index in [1.54, 1.807) is 13.8 Å². The van der Waals surface area contributed by atoms with Crippen molar-refractivity contribution in [3.63, 3.8) is 0 Å². The molecule has 2 rings (SSSR count). The first kappa shape index (κ1) is 19.7. The van der Waals surface area contributed by atoms with E-state index in [0.717, 1.165) is 0 Å². The lowest BCUT2D eigenvalue weighted by Crippen LogP contribution is -2.19. The molecule has 3 N–H and O–H groups in total. The Balaban J connectivity index is 2.49. The zero-order valence-electron chi connectivity index (χ0n) is 15.3. The van der Waals surface area contributed by atoms with Gasteiger partial charge in [0.1, 0.15) is 17.1 Å². The number of amides is 2. The summed E-state index contributed by atoms with van der Waals surface area (Å²) in [6, 6.07) is 5.71. The maximum absolute atomic E-state index is 12.7. The van der Waals surface area contributed by atoms with Crippen molar-refractivity contribution in [2.45, 2.75) is 13.8 Å². The van der Waals surface area contributed by atoms with E-state index < -0.39 is 16.7 Å². The number of hydrogen-bond acceptors (Lipinski definition) is 6. The summed E-state index contributed by atoms with van der Waals surface area (Å²) in [5, 5.41) is 13.7. The highest BCUT2D eigenvalue weighted by atomic mass is 16.6. The van der Waals surface area contributed by atoms with Gasteiger partial charge in [0.05, 0.1) is 24.8 Å². The van der Waals surface area contributed by atoms with Gasteiger partial charge >= 0.3 is 0 Å². The molecule has 142 valence electrons. The molecule has 0 aliphatic rings. The molecule has 0 spiro atoms. The SMILES string of the molecule is COc1cc(NC(=O)c2cc(C)c([N+](=O)[O-])c(C)c2)c(C(N)=O)c(OC)c1. The third-order valence-corrected chi connectivity index (χ3v) is 3.96. The van der Waals surface area contributed by atoms with Crippen molar-refractivity contribution in [1.82, 2.24) is 0 Å². The molecular weight excluding hydrogens is 354 g/mol. The van der Waals surface area contributed by atoms with Crippen molar-refractivity contribution in [3.8, 4) is 11.5 Å². The molecule has 0 bridgehead atoms. The lowest BCUT2D eigenvalue weighted by molar-refractivity contribution is -0.386. The summed E-state index contributed by atoms with van der Waals surface area (Å²) >= 11 is 0. The number of anilines is 1. The molecule has 0 saturated carbocycles. The summed E-state index contributed by atoms with van der Waals surface area (Å²) in [6.07, 6.45) is 0. The Kier molecular flexibility index (Phi) is 5.64. The molecule has 0 heterocycles. The molecule has 27 heavy (non-hydrogen) atoms. The zero-order chi connectivity index (χ0) is 20.3. The summed E-state index contributed by atoms with van der Waals surface area (Å²) in [7, 11) is 2.78. The fourth-order valence-corrected chi connectivity index (χ4v) is 2.79. The third kappa shape index (κ3) is 3.97. The van der Waals surface area contributed by atoms with Crippen molar-refractivity contribution in [3.05, 3.63) is 56.6 Å². The van der Waals surface area contributed by atoms with E-state index in [1.807, 2.05) is 0 Å². The van der Waals surface area contributed by atoms with Gasteiger partial charge < -0.3 is 20.5 Å². The maximum atomic E-state index is 12.7. The monoisotopic (exact) mass is 373 g/mol. The number of carbonyl (C=O) groups excluding carboxylic acids is 2. The van der Waals surface area contributed by atoms with Gasteiger partial charge in [0.15, 0.2) is 0 Å². The van der Waals surface area contributed by atoms with Gasteiger partial charge in [-0.25, -0.2) is 0 Å². The minimum absolute atomic E-state index is 0.0120. The quantitative estimate of drug-likeness (QED) is 0.590. The predicted octanol–water partition coefficient (Wildman–Crippen LogP) is 2.58. The van der Waals surface area contributed by atoms with Crippen LogP contribution in [-0.4, -0.2) is 31.0 Å². The van der Waals surface area contributed by atoms with Crippen molar-refractivity contribution < 1.29 is 24.0 Å². The number of ether oxygens (including phenoxy) is 2. The van der Waals surface area contributed by atoms with Crippen LogP contribution in [0.25, 0.3) is 0 Å². The highest BCUT2D eigenvalue weighted by Gasteiger charge is 2.22. The van der Waals surface area contributed by atoms with Gasteiger partial charge in [-0.15, -0.1) is 0 Å². The molecule has 2 aromatic rings. The Morgan fingerprint density at radius 3 is 2.11 bits per heavy atom. The van der Waals surface area contributed by atoms with E-state index in [-0.39, 0.29) is 28.3 Å². The van der Waals surface area contributed by atoms with Crippen LogP contribution >= 0.6 is 0 Å². The normalized spacial score (nSPS) is 10.2. The van der Waals surface area contributed by atoms with Crippen LogP contribution < -0.4 is 20.5 Å². The van der Waals surface area contributed by atoms with E-state index in [0.29, 0.717) is 16.9 Å². The fraction of sp³-hybridized carbons (Fsp3) is 0.222. The minimum atomic E-state index is -0.791. The van der Waals surface area contributed by atoms with Crippen molar-refractivity contribution >= 4 is 23.2 Å². The number of nitrogens with one attached hydrogen (secondary N) is 1. The van der Waals surface area contributed by atoms with Crippen molar-refractivity contribution in [2.24, 2.45) is 5.73 Å². The van der Waals surface area contributed by atoms with Crippen LogP contribution in [0.5, 0.6) is 11.5 Å². The maximum Gasteiger partial charge on any atom is 0.275 e. The number of nitro groups is 1. The average molecular weight is 373 g/mol. The summed E-state index contributed by atoms with van der Waals surface area (Å²) in [5.74, 6) is -0.855. The topological polar surface area (TPSA) is 134 Å². The Labute approximate surface area is 155 Å². The van der Waals surface area contributed by atoms with E-state index in [9.17, 15) is 19.7 Å². The molecule has 0 unspecified atom stereocenters. The largest absolute Gasteiger partial charge is 0.497 e. The number of carbonyl (C=O) groups is 2. The third-order valence-electron chi connectivity index (χ3n) is 3.96. The Hall–Kier alpha value is -3.62. The number of rotatable bonds is 6. The molecule has 0 fully saturated rings. The number of methoxy groups -OCH3 is 2. The minimum Gasteiger partial charge on any atom is -0.497 e. The van der Waals surface area contributed by atoms with Crippen LogP contribution in [0.1, 0.15) is 31.8 Å². The zero-order valence-corrected chi connectivity index (χ0v) is 15.3. The lowest BCUT2D eigenvalue weighted by Gasteiger charge is -2.15. The predicted molar refractivity (Wildman–Crippen MR) is 98.6 cm³/mol. The number of nitro benzene ring substituents is 1. The van der Waals surface area contributed by atoms with Crippen LogP contribution in [0.4, 0.5) is 11.4 Å². The van der Waals surface area contributed by atoms with Crippen LogP contribution in [0.2, 0.25) is 0 Å². The molecule has 0 saturated heterocycles. The summed E-state index contributed by atoms with van der Waals surface area (Å²) < 4.78 is 10.3. The molecule has 0 aliphatic carbocycles. The van der Waals surface area contributed by atoms with E-state index in [4.69, 9.17) is 15.2 Å². The first-order valence-electron chi connectivity index (χ1n) is 7.82. The van der Waals surface area contributed by atoms with E-state index >= 15 is 0 Å². The second-order valence-electron chi connectivity index (χ2n) is 5.79. The standard InChI is InChI=1S/C18H19N3O6/c1-9-5-11(6-10(2)16(9)21(24)25)18(23)20-13-7-12(26-3)8-14(27-4)15(13)17(19)22/h5-8H,1-4H3,(H2,19,22)(H,20,23). The highest BCUT2D eigenvalue weighted by molar-refractivity contribution is 6.10. The van der Waals surface area contributed by atoms with Gasteiger partial charge in [-0.2, -0.15) is 0 Å². The Morgan fingerprint density at radius 1 is 1.07 bits per heavy atom. The van der Waals surface area contributed by atoms with Crippen molar-refractivity contribution in [1.29, 1.82) is 0 Å². The van der Waals surface area contributed by atoms with E-state index in [2.05, 4.69) is 5.32 Å². The second-order valence-corrected chi connectivity index (χ2v) is 5.79. The summed E-state index contributed by atoms with van der Waals surface area (Å²) in [5.41, 5.74) is 6.36. The van der Waals surface area contributed by atoms with Gasteiger partial charge in [-0.1, -0.05) is 0 Å². The first-order valence-corrected chi connectivity index (χ1v) is 7.82. The fourth-order valence-electron chi connectivity index (χ4n) is 2.79. The Morgan fingerprint density at radius 2 is 1.67 bits per heavy atom. The first-order chi connectivity index (χ1) is 12.7. The molecule has 9 nitrogen and oxygen atoms in total. The van der Waals surface area contributed by atoms with Gasteiger partial charge in [0.25, 0.3) is 17.5 Å². The number of nitrogens with zero attached hydrogens (tertiary/aromatic N) is 1. The average Bonchev–Trinajstić information content (AvgIpc) is 2.59. The van der Waals surface area contributed by atoms with Crippen LogP contribution in [-0.2, 0) is 0 Å². The molecule has 0 aromatic heterocycles. The van der Waals surface area contributed by atoms with Gasteiger partial charge in [-0.05, 0) is 26.0 Å². The van der Waals surface area contributed by atoms with Gasteiger partial charge in [0.2, 0.25) is 0 Å². The van der Waals surface area contributed by atoms with Gasteiger partial charge in [0, 0.05) is 28.8 Å². The second kappa shape index (κ2) is 7.73. The number of nitrogens with two attached hydrogens (primary N) is 1. The number of benzene rings is 2. The molecule has 2 amide bonds. The van der Waals surface area contributed by atoms with Crippen LogP contribution in [0, 0.1) is 24.0 Å². The number of aryl methyl sites for hydroxylation is 2. The molecule has 0 atom stereocenters. The van der Waals surface area contributed by atoms with E-state index in [1.165, 1.54) is 38.5 Å². The summed E-state index contributed by atoms with van der Waals surface area (Å²) in [4.78, 5) is 35.1. The Bertz CT molecular complexity index is 916. The van der Waals surface area contributed by atoms with Gasteiger partial charge in [-0.3, -0.25) is 19.7 Å². The molecule has 2 aromatic carbocycles. The molecule has 0 radical (unpaired) electrons. The molecule has 0 aliphatic heterocycles. The number of primary amides is 1. The molecular formula is C18H19N3O6. The lowest BCUT2D eigenvalue weighted by atomic mass is 10.0. The smallest absolute Gasteiger partial charge is 0.275 e. The molecule has 9 heteroatoms. The highest BCUT2D eigenvalue weighted by Crippen LogP contribution is 2.33. The van der Waals surface area contributed by atoms with Crippen LogP contribution in [0.15, 0.2) is 24.3 Å². The number of hydrogen-bond donors (Lipinski definition) is 2. The summed E-state index contributed by atoms with van der Waals surface area (Å²) in [6.45, 7) is 3.09. The van der Waals surface area contributed by atoms with Crippen molar-refractivity contribution in [2.75, 3.05) is 19.5 Å².